The zero-order valence-corrected chi connectivity index (χ0v) is 14.0. The number of hydrogen-bond donors (Lipinski definition) is 1. The van der Waals surface area contributed by atoms with Gasteiger partial charge in [-0.1, -0.05) is 22.0 Å². The predicted molar refractivity (Wildman–Crippen MR) is 87.4 cm³/mol. The maximum absolute atomic E-state index is 5.33. The van der Waals surface area contributed by atoms with E-state index < -0.39 is 0 Å². The van der Waals surface area contributed by atoms with E-state index in [2.05, 4.69) is 47.0 Å². The van der Waals surface area contributed by atoms with E-state index in [4.69, 9.17) is 12.2 Å². The number of nitrogens with one attached hydrogen (secondary N) is 1. The van der Waals surface area contributed by atoms with Crippen molar-refractivity contribution < 1.29 is 0 Å². The minimum Gasteiger partial charge on any atom is -0.266 e. The van der Waals surface area contributed by atoms with Gasteiger partial charge >= 0.3 is 0 Å². The number of rotatable bonds is 2. The normalized spacial score (nSPS) is 10.7. The molecule has 0 spiro atoms. The fourth-order valence-corrected chi connectivity index (χ4v) is 3.30. The number of nitrogens with zero attached hydrogens (tertiary/aromatic N) is 3. The molecule has 0 radical (unpaired) electrons. The quantitative estimate of drug-likeness (QED) is 0.630. The molecular weight excluding hydrogens is 404 g/mol. The molecule has 2 heterocycles. The van der Waals surface area contributed by atoms with Crippen LogP contribution in [-0.4, -0.2) is 19.7 Å². The number of hydrogen-bond acceptors (Lipinski definition) is 3. The minimum atomic E-state index is 0.522. The van der Waals surface area contributed by atoms with Crippen LogP contribution in [0.15, 0.2) is 51.5 Å². The van der Waals surface area contributed by atoms with Crippen LogP contribution >= 0.6 is 44.1 Å². The van der Waals surface area contributed by atoms with Crippen molar-refractivity contribution in [3.8, 4) is 17.2 Å². The first-order valence-corrected chi connectivity index (χ1v) is 7.70. The van der Waals surface area contributed by atoms with E-state index in [1.165, 1.54) is 0 Å². The van der Waals surface area contributed by atoms with Gasteiger partial charge in [0.1, 0.15) is 5.69 Å². The molecule has 1 aromatic carbocycles. The summed E-state index contributed by atoms with van der Waals surface area (Å²) in [4.78, 5) is 4.32. The van der Waals surface area contributed by atoms with E-state index in [0.29, 0.717) is 10.6 Å². The first-order chi connectivity index (χ1) is 9.66. The fraction of sp³-hybridized carbons (Fsp3) is 0. The van der Waals surface area contributed by atoms with E-state index in [1.807, 2.05) is 41.0 Å². The molecule has 1 N–H and O–H groups in total. The van der Waals surface area contributed by atoms with Crippen molar-refractivity contribution in [2.24, 2.45) is 0 Å². The molecule has 0 amide bonds. The molecule has 0 fully saturated rings. The van der Waals surface area contributed by atoms with Crippen LogP contribution in [-0.2, 0) is 0 Å². The van der Waals surface area contributed by atoms with Crippen molar-refractivity contribution in [1.82, 2.24) is 19.7 Å². The van der Waals surface area contributed by atoms with Gasteiger partial charge in [-0.05, 0) is 58.5 Å². The Labute approximate surface area is 137 Å². The van der Waals surface area contributed by atoms with Crippen molar-refractivity contribution in [2.45, 2.75) is 0 Å². The van der Waals surface area contributed by atoms with E-state index >= 15 is 0 Å². The average Bonchev–Trinajstić information content (AvgIpc) is 2.82. The van der Waals surface area contributed by atoms with E-state index in [9.17, 15) is 0 Å². The summed E-state index contributed by atoms with van der Waals surface area (Å²) in [7, 11) is 0. The van der Waals surface area contributed by atoms with Crippen LogP contribution in [0.1, 0.15) is 0 Å². The Morgan fingerprint density at radius 1 is 1.15 bits per heavy atom. The summed E-state index contributed by atoms with van der Waals surface area (Å²) in [5.41, 5.74) is 1.67. The second kappa shape index (κ2) is 5.59. The van der Waals surface area contributed by atoms with Gasteiger partial charge in [-0.15, -0.1) is 0 Å². The molecule has 0 saturated heterocycles. The molecule has 20 heavy (non-hydrogen) atoms. The van der Waals surface area contributed by atoms with Crippen LogP contribution in [0.2, 0.25) is 0 Å². The average molecular weight is 412 g/mol. The van der Waals surface area contributed by atoms with Gasteiger partial charge in [0.25, 0.3) is 0 Å². The molecule has 0 unspecified atom stereocenters. The Kier molecular flexibility index (Phi) is 3.82. The lowest BCUT2D eigenvalue weighted by molar-refractivity contribution is 1.02. The molecule has 100 valence electrons. The van der Waals surface area contributed by atoms with Gasteiger partial charge in [0.15, 0.2) is 10.6 Å². The predicted octanol–water partition coefficient (Wildman–Crippen LogP) is 4.52. The Morgan fingerprint density at radius 2 is 2.00 bits per heavy atom. The van der Waals surface area contributed by atoms with Crippen molar-refractivity contribution in [3.05, 3.63) is 56.3 Å². The molecule has 0 atom stereocenters. The summed E-state index contributed by atoms with van der Waals surface area (Å²) in [6, 6.07) is 11.6. The number of halogens is 2. The smallest absolute Gasteiger partial charge is 0.200 e. The third kappa shape index (κ3) is 2.48. The first-order valence-electron chi connectivity index (χ1n) is 5.71. The van der Waals surface area contributed by atoms with E-state index in [1.54, 1.807) is 6.20 Å². The van der Waals surface area contributed by atoms with Crippen LogP contribution in [0.3, 0.4) is 0 Å². The molecule has 3 rings (SSSR count). The van der Waals surface area contributed by atoms with Crippen LogP contribution < -0.4 is 0 Å². The standard InChI is InChI=1S/C13H8Br2N4S/c14-8-4-5-11(9(15)7-8)19-12(17-18-13(19)20)10-3-1-2-6-16-10/h1-7H,(H,18,20). The van der Waals surface area contributed by atoms with Crippen molar-refractivity contribution >= 4 is 44.1 Å². The number of H-pyrrole nitrogens is 1. The third-order valence-corrected chi connectivity index (χ3v) is 4.12. The Hall–Kier alpha value is -1.31. The molecule has 0 aliphatic rings. The summed E-state index contributed by atoms with van der Waals surface area (Å²) < 4.78 is 4.28. The van der Waals surface area contributed by atoms with Crippen LogP contribution in [0, 0.1) is 4.77 Å². The van der Waals surface area contributed by atoms with E-state index in [0.717, 1.165) is 20.3 Å². The SMILES string of the molecule is S=c1[nH]nc(-c2ccccn2)n1-c1ccc(Br)cc1Br. The van der Waals surface area contributed by atoms with Gasteiger partial charge in [-0.25, -0.2) is 0 Å². The van der Waals surface area contributed by atoms with Crippen LogP contribution in [0.4, 0.5) is 0 Å². The number of aromatic nitrogens is 4. The summed E-state index contributed by atoms with van der Waals surface area (Å²) in [5, 5.41) is 7.10. The lowest BCUT2D eigenvalue weighted by Crippen LogP contribution is -1.99. The summed E-state index contributed by atoms with van der Waals surface area (Å²) >= 11 is 12.3. The summed E-state index contributed by atoms with van der Waals surface area (Å²) in [6.45, 7) is 0. The molecule has 0 aliphatic carbocycles. The third-order valence-electron chi connectivity index (χ3n) is 2.72. The van der Waals surface area contributed by atoms with Gasteiger partial charge in [0.05, 0.1) is 5.69 Å². The maximum atomic E-state index is 5.33. The topological polar surface area (TPSA) is 46.5 Å². The molecule has 4 nitrogen and oxygen atoms in total. The molecule has 0 saturated carbocycles. The highest BCUT2D eigenvalue weighted by molar-refractivity contribution is 9.11. The molecule has 2 aromatic heterocycles. The summed E-state index contributed by atoms with van der Waals surface area (Å²) in [6.07, 6.45) is 1.73. The van der Waals surface area contributed by atoms with Crippen LogP contribution in [0.5, 0.6) is 0 Å². The first kappa shape index (κ1) is 13.7. The second-order valence-electron chi connectivity index (χ2n) is 4.00. The second-order valence-corrected chi connectivity index (χ2v) is 6.16. The van der Waals surface area contributed by atoms with Crippen molar-refractivity contribution in [3.63, 3.8) is 0 Å². The number of benzene rings is 1. The van der Waals surface area contributed by atoms with E-state index in [-0.39, 0.29) is 0 Å². The van der Waals surface area contributed by atoms with Gasteiger partial charge in [-0.3, -0.25) is 14.6 Å². The maximum Gasteiger partial charge on any atom is 0.200 e. The summed E-state index contributed by atoms with van der Waals surface area (Å²) in [5.74, 6) is 0.679. The van der Waals surface area contributed by atoms with Crippen molar-refractivity contribution in [1.29, 1.82) is 0 Å². The molecular formula is C13H8Br2N4S. The Bertz CT molecular complexity index is 811. The molecule has 0 bridgehead atoms. The highest BCUT2D eigenvalue weighted by atomic mass is 79.9. The zero-order chi connectivity index (χ0) is 14.1. The Balaban J connectivity index is 2.25. The van der Waals surface area contributed by atoms with Gasteiger partial charge in [0, 0.05) is 15.1 Å². The van der Waals surface area contributed by atoms with Crippen LogP contribution in [0.25, 0.3) is 17.2 Å². The monoisotopic (exact) mass is 410 g/mol. The Morgan fingerprint density at radius 3 is 2.70 bits per heavy atom. The zero-order valence-electron chi connectivity index (χ0n) is 10.0. The molecule has 3 aromatic rings. The van der Waals surface area contributed by atoms with Crippen molar-refractivity contribution in [2.75, 3.05) is 0 Å². The molecule has 7 heteroatoms. The van der Waals surface area contributed by atoms with Gasteiger partial charge < -0.3 is 0 Å². The highest BCUT2D eigenvalue weighted by Gasteiger charge is 2.13. The molecule has 0 aliphatic heterocycles. The van der Waals surface area contributed by atoms with Gasteiger partial charge in [0.2, 0.25) is 0 Å². The lowest BCUT2D eigenvalue weighted by atomic mass is 10.3. The fourth-order valence-electron chi connectivity index (χ4n) is 1.85. The minimum absolute atomic E-state index is 0.522. The lowest BCUT2D eigenvalue weighted by Gasteiger charge is -2.08. The number of pyridine rings is 1. The largest absolute Gasteiger partial charge is 0.266 e. The number of aromatic amines is 1. The van der Waals surface area contributed by atoms with Gasteiger partial charge in [-0.2, -0.15) is 5.10 Å². The highest BCUT2D eigenvalue weighted by Crippen LogP contribution is 2.28.